The van der Waals surface area contributed by atoms with Crippen molar-refractivity contribution in [2.24, 2.45) is 0 Å². The third kappa shape index (κ3) is 11.8. The average molecular weight is 259 g/mol. The summed E-state index contributed by atoms with van der Waals surface area (Å²) >= 11 is 3.42. The molecule has 0 atom stereocenters. The predicted octanol–water partition coefficient (Wildman–Crippen LogP) is 3.74. The van der Waals surface area contributed by atoms with Crippen molar-refractivity contribution in [2.75, 3.05) is 5.33 Å². The Morgan fingerprint density at radius 2 is 1.40 bits per heavy atom. The van der Waals surface area contributed by atoms with Crippen molar-refractivity contribution < 1.29 is 19.5 Å². The van der Waals surface area contributed by atoms with E-state index in [1.165, 1.54) is 43.9 Å². The minimum Gasteiger partial charge on any atom is -0.0928 e. The molecule has 0 amide bonds. The van der Waals surface area contributed by atoms with Gasteiger partial charge in [-0.3, -0.25) is 0 Å². The SMILES string of the molecule is CCCCCCCCBr.[Zn]. The van der Waals surface area contributed by atoms with Crippen LogP contribution in [0.4, 0.5) is 0 Å². The maximum absolute atomic E-state index is 3.42. The zero-order valence-corrected chi connectivity index (χ0v) is 11.6. The number of unbranched alkanes of at least 4 members (excludes halogenated alkanes) is 5. The molecular formula is C8H17BrZn. The number of hydrogen-bond donors (Lipinski definition) is 0. The molecule has 2 heteroatoms. The fraction of sp³-hybridized carbons (Fsp3) is 1.00. The van der Waals surface area contributed by atoms with Crippen LogP contribution in [0, 0.1) is 0 Å². The molecule has 0 spiro atoms. The second-order valence-corrected chi connectivity index (χ2v) is 3.25. The molecule has 0 aromatic rings. The second kappa shape index (κ2) is 12.8. The number of alkyl halides is 1. The molecule has 0 nitrogen and oxygen atoms in total. The Hall–Kier alpha value is 1.10. The molecule has 0 saturated heterocycles. The van der Waals surface area contributed by atoms with Gasteiger partial charge in [0.15, 0.2) is 0 Å². The molecule has 10 heavy (non-hydrogen) atoms. The molecule has 0 aliphatic heterocycles. The Morgan fingerprint density at radius 3 is 1.90 bits per heavy atom. The maximum atomic E-state index is 3.42. The number of hydrogen-bond acceptors (Lipinski definition) is 0. The van der Waals surface area contributed by atoms with Gasteiger partial charge in [0.25, 0.3) is 0 Å². The van der Waals surface area contributed by atoms with E-state index in [4.69, 9.17) is 0 Å². The molecule has 0 saturated carbocycles. The second-order valence-electron chi connectivity index (χ2n) is 2.46. The normalized spacial score (nSPS) is 9.00. The Kier molecular flexibility index (Phi) is 17.4. The molecule has 58 valence electrons. The number of halogens is 1. The van der Waals surface area contributed by atoms with Crippen molar-refractivity contribution in [2.45, 2.75) is 45.4 Å². The van der Waals surface area contributed by atoms with Crippen molar-refractivity contribution in [1.29, 1.82) is 0 Å². The molecular weight excluding hydrogens is 241 g/mol. The quantitative estimate of drug-likeness (QED) is 0.387. The van der Waals surface area contributed by atoms with Gasteiger partial charge in [0.05, 0.1) is 0 Å². The van der Waals surface area contributed by atoms with E-state index in [0.29, 0.717) is 0 Å². The van der Waals surface area contributed by atoms with E-state index in [2.05, 4.69) is 22.9 Å². The van der Waals surface area contributed by atoms with Crippen molar-refractivity contribution in [3.63, 3.8) is 0 Å². The molecule has 0 unspecified atom stereocenters. The Morgan fingerprint density at radius 1 is 0.900 bits per heavy atom. The summed E-state index contributed by atoms with van der Waals surface area (Å²) in [5.41, 5.74) is 0. The summed E-state index contributed by atoms with van der Waals surface area (Å²) in [5, 5.41) is 1.18. The van der Waals surface area contributed by atoms with Crippen LogP contribution in [0.2, 0.25) is 0 Å². The fourth-order valence-corrected chi connectivity index (χ4v) is 1.27. The summed E-state index contributed by atoms with van der Waals surface area (Å²) in [5.74, 6) is 0. The Labute approximate surface area is 86.0 Å². The average Bonchev–Trinajstić information content (AvgIpc) is 1.89. The van der Waals surface area contributed by atoms with Crippen LogP contribution in [0.25, 0.3) is 0 Å². The molecule has 0 bridgehead atoms. The van der Waals surface area contributed by atoms with Gasteiger partial charge < -0.3 is 0 Å². The first kappa shape index (κ1) is 13.7. The van der Waals surface area contributed by atoms with E-state index in [-0.39, 0.29) is 19.5 Å². The van der Waals surface area contributed by atoms with Crippen molar-refractivity contribution in [1.82, 2.24) is 0 Å². The van der Waals surface area contributed by atoms with Crippen LogP contribution in [0.1, 0.15) is 45.4 Å². The van der Waals surface area contributed by atoms with E-state index < -0.39 is 0 Å². The summed E-state index contributed by atoms with van der Waals surface area (Å²) in [4.78, 5) is 0. The summed E-state index contributed by atoms with van der Waals surface area (Å²) < 4.78 is 0. The topological polar surface area (TPSA) is 0 Å². The first-order chi connectivity index (χ1) is 4.41. The third-order valence-corrected chi connectivity index (χ3v) is 2.05. The Bertz CT molecular complexity index is 42.5. The van der Waals surface area contributed by atoms with E-state index >= 15 is 0 Å². The van der Waals surface area contributed by atoms with Crippen LogP contribution in [0.15, 0.2) is 0 Å². The molecule has 0 fully saturated rings. The molecule has 0 aromatic carbocycles. The maximum Gasteiger partial charge on any atom is 0.00313 e. The van der Waals surface area contributed by atoms with Crippen LogP contribution in [-0.4, -0.2) is 5.33 Å². The summed E-state index contributed by atoms with van der Waals surface area (Å²) in [6, 6.07) is 0. The van der Waals surface area contributed by atoms with Crippen molar-refractivity contribution >= 4 is 15.9 Å². The first-order valence-corrected chi connectivity index (χ1v) is 5.10. The molecule has 0 aliphatic rings. The van der Waals surface area contributed by atoms with Gasteiger partial charge in [-0.1, -0.05) is 55.0 Å². The first-order valence-electron chi connectivity index (χ1n) is 3.97. The Balaban J connectivity index is 0. The van der Waals surface area contributed by atoms with Gasteiger partial charge in [-0.05, 0) is 6.42 Å². The zero-order valence-electron chi connectivity index (χ0n) is 7.03. The zero-order chi connectivity index (χ0) is 6.95. The van der Waals surface area contributed by atoms with Gasteiger partial charge >= 0.3 is 0 Å². The predicted molar refractivity (Wildman–Crippen MR) is 47.2 cm³/mol. The van der Waals surface area contributed by atoms with Gasteiger partial charge in [0.1, 0.15) is 0 Å². The molecule has 0 heterocycles. The van der Waals surface area contributed by atoms with Crippen LogP contribution in [-0.2, 0) is 19.5 Å². The minimum absolute atomic E-state index is 0. The van der Waals surface area contributed by atoms with E-state index in [1.54, 1.807) is 0 Å². The van der Waals surface area contributed by atoms with Gasteiger partial charge in [-0.2, -0.15) is 0 Å². The van der Waals surface area contributed by atoms with Crippen LogP contribution in [0.3, 0.4) is 0 Å². The van der Waals surface area contributed by atoms with Crippen molar-refractivity contribution in [3.05, 3.63) is 0 Å². The van der Waals surface area contributed by atoms with Gasteiger partial charge in [0.2, 0.25) is 0 Å². The monoisotopic (exact) mass is 256 g/mol. The van der Waals surface area contributed by atoms with E-state index in [0.717, 1.165) is 0 Å². The standard InChI is InChI=1S/C8H17Br.Zn/c1-2-3-4-5-6-7-8-9;/h2-8H2,1H3;. The fourth-order valence-electron chi connectivity index (χ4n) is 0.875. The number of rotatable bonds is 6. The van der Waals surface area contributed by atoms with E-state index in [9.17, 15) is 0 Å². The summed E-state index contributed by atoms with van der Waals surface area (Å²) in [7, 11) is 0. The van der Waals surface area contributed by atoms with E-state index in [1.807, 2.05) is 0 Å². The van der Waals surface area contributed by atoms with Crippen molar-refractivity contribution in [3.8, 4) is 0 Å². The molecule has 0 rings (SSSR count). The summed E-state index contributed by atoms with van der Waals surface area (Å²) in [6.45, 7) is 2.25. The molecule has 0 radical (unpaired) electrons. The molecule has 0 aromatic heterocycles. The molecule has 0 N–H and O–H groups in total. The van der Waals surface area contributed by atoms with Crippen LogP contribution < -0.4 is 0 Å². The third-order valence-electron chi connectivity index (χ3n) is 1.49. The summed E-state index contributed by atoms with van der Waals surface area (Å²) in [6.07, 6.45) is 8.40. The van der Waals surface area contributed by atoms with Crippen LogP contribution >= 0.6 is 15.9 Å². The van der Waals surface area contributed by atoms with Gasteiger partial charge in [-0.15, -0.1) is 0 Å². The molecule has 0 aliphatic carbocycles. The van der Waals surface area contributed by atoms with Crippen LogP contribution in [0.5, 0.6) is 0 Å². The largest absolute Gasteiger partial charge is 0.0928 e. The minimum atomic E-state index is 0. The van der Waals surface area contributed by atoms with Gasteiger partial charge in [-0.25, -0.2) is 0 Å². The van der Waals surface area contributed by atoms with Gasteiger partial charge in [0, 0.05) is 24.8 Å². The smallest absolute Gasteiger partial charge is 0.00313 e.